The van der Waals surface area contributed by atoms with Gasteiger partial charge in [-0.1, -0.05) is 36.9 Å². The predicted molar refractivity (Wildman–Crippen MR) is 70.6 cm³/mol. The van der Waals surface area contributed by atoms with E-state index < -0.39 is 0 Å². The third-order valence-electron chi connectivity index (χ3n) is 2.45. The Balaban J connectivity index is 2.36. The van der Waals surface area contributed by atoms with E-state index in [0.29, 0.717) is 0 Å². The Hall–Kier alpha value is -1.61. The molecule has 0 saturated carbocycles. The Labute approximate surface area is 103 Å². The van der Waals surface area contributed by atoms with Gasteiger partial charge in [-0.15, -0.1) is 0 Å². The van der Waals surface area contributed by atoms with Crippen molar-refractivity contribution in [1.29, 1.82) is 0 Å². The zero-order valence-electron chi connectivity index (χ0n) is 10.5. The van der Waals surface area contributed by atoms with Crippen LogP contribution in [-0.4, -0.2) is 30.4 Å². The van der Waals surface area contributed by atoms with E-state index >= 15 is 0 Å². The largest absolute Gasteiger partial charge is 0.349 e. The number of likely N-dealkylation sites (N-methyl/N-ethyl adjacent to an activating group) is 1. The highest BCUT2D eigenvalue weighted by Crippen LogP contribution is 2.02. The van der Waals surface area contributed by atoms with Gasteiger partial charge in [0.2, 0.25) is 5.91 Å². The Kier molecular flexibility index (Phi) is 5.43. The van der Waals surface area contributed by atoms with Crippen molar-refractivity contribution in [2.45, 2.75) is 19.5 Å². The zero-order valence-corrected chi connectivity index (χ0v) is 10.5. The summed E-state index contributed by atoms with van der Waals surface area (Å²) in [6.07, 6.45) is 1.30. The Morgan fingerprint density at radius 3 is 2.71 bits per heavy atom. The maximum absolute atomic E-state index is 11.1. The average Bonchev–Trinajstić information content (AvgIpc) is 2.29. The Bertz CT molecular complexity index is 362. The average molecular weight is 232 g/mol. The fourth-order valence-corrected chi connectivity index (χ4v) is 1.77. The van der Waals surface area contributed by atoms with E-state index in [-0.39, 0.29) is 11.9 Å². The number of hydrogen-bond donors (Lipinski definition) is 1. The molecule has 1 rings (SSSR count). The highest BCUT2D eigenvalue weighted by atomic mass is 16.1. The number of rotatable bonds is 6. The maximum Gasteiger partial charge on any atom is 0.243 e. The summed E-state index contributed by atoms with van der Waals surface area (Å²) in [5.41, 5.74) is 1.28. The summed E-state index contributed by atoms with van der Waals surface area (Å²) in [6, 6.07) is 10.4. The molecule has 1 aromatic rings. The molecule has 0 aliphatic rings. The van der Waals surface area contributed by atoms with Gasteiger partial charge in [-0.25, -0.2) is 0 Å². The second-order valence-electron chi connectivity index (χ2n) is 4.30. The molecule has 3 heteroatoms. The zero-order chi connectivity index (χ0) is 12.7. The van der Waals surface area contributed by atoms with Crippen molar-refractivity contribution in [3.8, 4) is 0 Å². The molecule has 92 valence electrons. The van der Waals surface area contributed by atoms with Gasteiger partial charge in [0, 0.05) is 19.1 Å². The van der Waals surface area contributed by atoms with Crippen LogP contribution in [0.2, 0.25) is 0 Å². The van der Waals surface area contributed by atoms with Crippen LogP contribution in [0.4, 0.5) is 0 Å². The summed E-state index contributed by atoms with van der Waals surface area (Å²) in [4.78, 5) is 13.3. The lowest BCUT2D eigenvalue weighted by Gasteiger charge is -2.21. The summed E-state index contributed by atoms with van der Waals surface area (Å²) in [5.74, 6) is -0.120. The molecule has 1 unspecified atom stereocenters. The highest BCUT2D eigenvalue weighted by Gasteiger charge is 2.08. The van der Waals surface area contributed by atoms with Gasteiger partial charge >= 0.3 is 0 Å². The van der Waals surface area contributed by atoms with Crippen molar-refractivity contribution < 1.29 is 4.79 Å². The standard InChI is InChI=1S/C14H20N2O/c1-4-14(17)15-12(2)10-16(3)11-13-8-6-5-7-9-13/h4-9,12H,1,10-11H2,2-3H3,(H,15,17). The monoisotopic (exact) mass is 232 g/mol. The molecule has 0 radical (unpaired) electrons. The Morgan fingerprint density at radius 2 is 2.12 bits per heavy atom. The number of amides is 1. The molecule has 0 bridgehead atoms. The molecule has 0 saturated heterocycles. The summed E-state index contributed by atoms with van der Waals surface area (Å²) in [5, 5.41) is 2.85. The molecule has 1 N–H and O–H groups in total. The fraction of sp³-hybridized carbons (Fsp3) is 0.357. The molecule has 0 fully saturated rings. The third kappa shape index (κ3) is 5.31. The summed E-state index contributed by atoms with van der Waals surface area (Å²) in [6.45, 7) is 7.12. The second kappa shape index (κ2) is 6.86. The summed E-state index contributed by atoms with van der Waals surface area (Å²) < 4.78 is 0. The molecule has 17 heavy (non-hydrogen) atoms. The molecule has 1 aromatic carbocycles. The smallest absolute Gasteiger partial charge is 0.243 e. The first-order valence-electron chi connectivity index (χ1n) is 5.77. The molecule has 0 heterocycles. The van der Waals surface area contributed by atoms with Gasteiger partial charge in [0.15, 0.2) is 0 Å². The molecular weight excluding hydrogens is 212 g/mol. The van der Waals surface area contributed by atoms with Crippen LogP contribution in [0.25, 0.3) is 0 Å². The maximum atomic E-state index is 11.1. The SMILES string of the molecule is C=CC(=O)NC(C)CN(C)Cc1ccccc1. The van der Waals surface area contributed by atoms with E-state index in [9.17, 15) is 4.79 Å². The summed E-state index contributed by atoms with van der Waals surface area (Å²) in [7, 11) is 2.05. The van der Waals surface area contributed by atoms with Crippen molar-refractivity contribution >= 4 is 5.91 Å². The minimum absolute atomic E-state index is 0.120. The molecule has 0 spiro atoms. The van der Waals surface area contributed by atoms with E-state index in [1.54, 1.807) is 0 Å². The first-order chi connectivity index (χ1) is 8.11. The Morgan fingerprint density at radius 1 is 1.47 bits per heavy atom. The lowest BCUT2D eigenvalue weighted by molar-refractivity contribution is -0.117. The molecule has 1 atom stereocenters. The van der Waals surface area contributed by atoms with Gasteiger partial charge in [0.05, 0.1) is 0 Å². The van der Waals surface area contributed by atoms with Crippen LogP contribution in [0.5, 0.6) is 0 Å². The van der Waals surface area contributed by atoms with Crippen LogP contribution in [-0.2, 0) is 11.3 Å². The molecule has 1 amide bonds. The molecular formula is C14H20N2O. The molecule has 0 aliphatic carbocycles. The summed E-state index contributed by atoms with van der Waals surface area (Å²) >= 11 is 0. The van der Waals surface area contributed by atoms with Crippen LogP contribution in [0.1, 0.15) is 12.5 Å². The van der Waals surface area contributed by atoms with Crippen molar-refractivity contribution in [2.75, 3.05) is 13.6 Å². The fourth-order valence-electron chi connectivity index (χ4n) is 1.77. The minimum atomic E-state index is -0.120. The molecule has 3 nitrogen and oxygen atoms in total. The van der Waals surface area contributed by atoms with Gasteiger partial charge in [-0.2, -0.15) is 0 Å². The number of hydrogen-bond acceptors (Lipinski definition) is 2. The number of carbonyl (C=O) groups excluding carboxylic acids is 1. The first kappa shape index (κ1) is 13.5. The number of benzene rings is 1. The molecule has 0 aromatic heterocycles. The van der Waals surface area contributed by atoms with Gasteiger partial charge in [0.1, 0.15) is 0 Å². The highest BCUT2D eigenvalue weighted by molar-refractivity contribution is 5.87. The van der Waals surface area contributed by atoms with E-state index in [1.165, 1.54) is 11.6 Å². The van der Waals surface area contributed by atoms with Gasteiger partial charge in [0.25, 0.3) is 0 Å². The van der Waals surface area contributed by atoms with Gasteiger partial charge in [-0.3, -0.25) is 4.79 Å². The van der Waals surface area contributed by atoms with Crippen molar-refractivity contribution in [3.05, 3.63) is 48.6 Å². The second-order valence-corrected chi connectivity index (χ2v) is 4.30. The number of nitrogens with one attached hydrogen (secondary N) is 1. The van der Waals surface area contributed by atoms with Gasteiger partial charge < -0.3 is 10.2 Å². The predicted octanol–water partition coefficient (Wildman–Crippen LogP) is 1.81. The lowest BCUT2D eigenvalue weighted by atomic mass is 10.2. The third-order valence-corrected chi connectivity index (χ3v) is 2.45. The van der Waals surface area contributed by atoms with Gasteiger partial charge in [-0.05, 0) is 25.6 Å². The van der Waals surface area contributed by atoms with Crippen LogP contribution in [0.15, 0.2) is 43.0 Å². The normalized spacial score (nSPS) is 12.2. The minimum Gasteiger partial charge on any atom is -0.349 e. The molecule has 0 aliphatic heterocycles. The lowest BCUT2D eigenvalue weighted by Crippen LogP contribution is -2.39. The van der Waals surface area contributed by atoms with Crippen molar-refractivity contribution in [2.24, 2.45) is 0 Å². The number of nitrogens with zero attached hydrogens (tertiary/aromatic N) is 1. The van der Waals surface area contributed by atoms with Crippen molar-refractivity contribution in [1.82, 2.24) is 10.2 Å². The topological polar surface area (TPSA) is 32.3 Å². The van der Waals surface area contributed by atoms with E-state index in [2.05, 4.69) is 28.9 Å². The first-order valence-corrected chi connectivity index (χ1v) is 5.77. The van der Waals surface area contributed by atoms with Crippen LogP contribution in [0.3, 0.4) is 0 Å². The van der Waals surface area contributed by atoms with Crippen LogP contribution < -0.4 is 5.32 Å². The van der Waals surface area contributed by atoms with Crippen LogP contribution >= 0.6 is 0 Å². The van der Waals surface area contributed by atoms with E-state index in [4.69, 9.17) is 0 Å². The van der Waals surface area contributed by atoms with E-state index in [0.717, 1.165) is 13.1 Å². The van der Waals surface area contributed by atoms with E-state index in [1.807, 2.05) is 32.2 Å². The number of carbonyl (C=O) groups is 1. The van der Waals surface area contributed by atoms with Crippen LogP contribution in [0, 0.1) is 0 Å². The van der Waals surface area contributed by atoms with Crippen molar-refractivity contribution in [3.63, 3.8) is 0 Å². The quantitative estimate of drug-likeness (QED) is 0.759.